The monoisotopic (exact) mass is 179 g/mol. The van der Waals surface area contributed by atoms with Crippen molar-refractivity contribution in [2.24, 2.45) is 11.1 Å². The molecule has 3 nitrogen and oxygen atoms in total. The molecule has 1 heterocycles. The molecule has 1 saturated carbocycles. The van der Waals surface area contributed by atoms with Gasteiger partial charge in [0, 0.05) is 24.5 Å². The molecule has 3 heteroatoms. The van der Waals surface area contributed by atoms with Gasteiger partial charge in [-0.2, -0.15) is 5.10 Å². The molecule has 0 radical (unpaired) electrons. The molecule has 13 heavy (non-hydrogen) atoms. The lowest BCUT2D eigenvalue weighted by atomic mass is 10.0. The van der Waals surface area contributed by atoms with Gasteiger partial charge in [0.15, 0.2) is 0 Å². The summed E-state index contributed by atoms with van der Waals surface area (Å²) in [5.41, 5.74) is 6.59. The molecule has 0 spiro atoms. The summed E-state index contributed by atoms with van der Waals surface area (Å²) < 4.78 is 1.95. The highest BCUT2D eigenvalue weighted by Gasteiger charge is 2.57. The molecule has 72 valence electrons. The molecule has 1 atom stereocenters. The van der Waals surface area contributed by atoms with E-state index in [4.69, 9.17) is 5.73 Å². The van der Waals surface area contributed by atoms with Gasteiger partial charge in [0.1, 0.15) is 0 Å². The van der Waals surface area contributed by atoms with E-state index >= 15 is 0 Å². The fourth-order valence-electron chi connectivity index (χ4n) is 1.92. The van der Waals surface area contributed by atoms with Crippen molar-refractivity contribution in [2.45, 2.75) is 38.8 Å². The van der Waals surface area contributed by atoms with E-state index in [0.717, 1.165) is 19.4 Å². The van der Waals surface area contributed by atoms with Crippen LogP contribution in [0.4, 0.5) is 0 Å². The standard InChI is InChI=1S/C10H17N3/c1-9(2)8-10(9,11)4-7-13-6-3-5-12-13/h3,5-6H,4,7-8,11H2,1-2H3. The molecule has 1 aliphatic rings. The number of nitrogens with two attached hydrogens (primary N) is 1. The zero-order valence-corrected chi connectivity index (χ0v) is 8.33. The normalized spacial score (nSPS) is 30.4. The molecule has 1 aromatic heterocycles. The first kappa shape index (κ1) is 8.75. The van der Waals surface area contributed by atoms with Crippen LogP contribution in [0.15, 0.2) is 18.5 Å². The van der Waals surface area contributed by atoms with Crippen molar-refractivity contribution in [1.82, 2.24) is 9.78 Å². The van der Waals surface area contributed by atoms with Crippen molar-refractivity contribution in [1.29, 1.82) is 0 Å². The van der Waals surface area contributed by atoms with Crippen LogP contribution in [-0.4, -0.2) is 15.3 Å². The van der Waals surface area contributed by atoms with Gasteiger partial charge in [-0.05, 0) is 24.3 Å². The van der Waals surface area contributed by atoms with Gasteiger partial charge in [-0.3, -0.25) is 4.68 Å². The maximum Gasteiger partial charge on any atom is 0.0489 e. The highest BCUT2D eigenvalue weighted by molar-refractivity contribution is 5.14. The van der Waals surface area contributed by atoms with Crippen LogP contribution < -0.4 is 5.73 Å². The Hall–Kier alpha value is -0.830. The van der Waals surface area contributed by atoms with Crippen LogP contribution in [0.25, 0.3) is 0 Å². The number of hydrogen-bond donors (Lipinski definition) is 1. The summed E-state index contributed by atoms with van der Waals surface area (Å²) in [7, 11) is 0. The summed E-state index contributed by atoms with van der Waals surface area (Å²) in [6.07, 6.45) is 5.96. The number of rotatable bonds is 3. The molecule has 1 unspecified atom stereocenters. The maximum atomic E-state index is 6.20. The number of aryl methyl sites for hydroxylation is 1. The molecule has 2 rings (SSSR count). The smallest absolute Gasteiger partial charge is 0.0489 e. The minimum absolute atomic E-state index is 0.0545. The Kier molecular flexibility index (Phi) is 1.74. The van der Waals surface area contributed by atoms with Gasteiger partial charge in [0.25, 0.3) is 0 Å². The van der Waals surface area contributed by atoms with Gasteiger partial charge in [-0.25, -0.2) is 0 Å². The number of nitrogens with zero attached hydrogens (tertiary/aromatic N) is 2. The van der Waals surface area contributed by atoms with E-state index < -0.39 is 0 Å². The van der Waals surface area contributed by atoms with E-state index in [1.165, 1.54) is 0 Å². The fraction of sp³-hybridized carbons (Fsp3) is 0.700. The Morgan fingerprint density at radius 1 is 1.54 bits per heavy atom. The van der Waals surface area contributed by atoms with Crippen molar-refractivity contribution in [3.63, 3.8) is 0 Å². The van der Waals surface area contributed by atoms with Gasteiger partial charge in [0.05, 0.1) is 0 Å². The molecule has 0 amide bonds. The van der Waals surface area contributed by atoms with Crippen molar-refractivity contribution in [2.75, 3.05) is 0 Å². The molecule has 1 fully saturated rings. The highest BCUT2D eigenvalue weighted by Crippen LogP contribution is 2.55. The molecule has 0 bridgehead atoms. The summed E-state index contributed by atoms with van der Waals surface area (Å²) in [6, 6.07) is 1.95. The zero-order chi connectivity index (χ0) is 9.53. The SMILES string of the molecule is CC1(C)CC1(N)CCn1cccn1. The Morgan fingerprint density at radius 2 is 2.23 bits per heavy atom. The van der Waals surface area contributed by atoms with Crippen LogP contribution in [0.5, 0.6) is 0 Å². The quantitative estimate of drug-likeness (QED) is 0.762. The van der Waals surface area contributed by atoms with Crippen molar-refractivity contribution in [3.05, 3.63) is 18.5 Å². The number of aromatic nitrogens is 2. The summed E-state index contributed by atoms with van der Waals surface area (Å²) >= 11 is 0. The lowest BCUT2D eigenvalue weighted by Crippen LogP contribution is -2.29. The average Bonchev–Trinajstić information content (AvgIpc) is 2.53. The van der Waals surface area contributed by atoms with Crippen molar-refractivity contribution < 1.29 is 0 Å². The Balaban J connectivity index is 1.88. The second-order valence-corrected chi connectivity index (χ2v) is 4.74. The highest BCUT2D eigenvalue weighted by atomic mass is 15.3. The fourth-order valence-corrected chi connectivity index (χ4v) is 1.92. The van der Waals surface area contributed by atoms with Crippen LogP contribution in [0.2, 0.25) is 0 Å². The first-order valence-corrected chi connectivity index (χ1v) is 4.80. The molecule has 2 N–H and O–H groups in total. The van der Waals surface area contributed by atoms with E-state index in [-0.39, 0.29) is 5.54 Å². The minimum atomic E-state index is 0.0545. The van der Waals surface area contributed by atoms with Crippen LogP contribution in [0.3, 0.4) is 0 Å². The maximum absolute atomic E-state index is 6.20. The molecule has 0 saturated heterocycles. The summed E-state index contributed by atoms with van der Waals surface area (Å²) in [5.74, 6) is 0. The topological polar surface area (TPSA) is 43.8 Å². The second-order valence-electron chi connectivity index (χ2n) is 4.74. The third-order valence-electron chi connectivity index (χ3n) is 3.33. The molecular formula is C10H17N3. The summed E-state index contributed by atoms with van der Waals surface area (Å²) in [6.45, 7) is 5.40. The van der Waals surface area contributed by atoms with Crippen LogP contribution >= 0.6 is 0 Å². The molecule has 0 aliphatic heterocycles. The first-order chi connectivity index (χ1) is 6.04. The van der Waals surface area contributed by atoms with Gasteiger partial charge in [-0.1, -0.05) is 13.8 Å². The predicted molar refractivity (Wildman–Crippen MR) is 52.2 cm³/mol. The van der Waals surface area contributed by atoms with E-state index in [1.54, 1.807) is 6.20 Å². The Labute approximate surface area is 78.9 Å². The largest absolute Gasteiger partial charge is 0.325 e. The number of hydrogen-bond acceptors (Lipinski definition) is 2. The van der Waals surface area contributed by atoms with Gasteiger partial charge in [-0.15, -0.1) is 0 Å². The molecule has 1 aliphatic carbocycles. The van der Waals surface area contributed by atoms with Crippen LogP contribution in [-0.2, 0) is 6.54 Å². The summed E-state index contributed by atoms with van der Waals surface area (Å²) in [5, 5.41) is 4.16. The van der Waals surface area contributed by atoms with Crippen molar-refractivity contribution >= 4 is 0 Å². The summed E-state index contributed by atoms with van der Waals surface area (Å²) in [4.78, 5) is 0. The average molecular weight is 179 g/mol. The van der Waals surface area contributed by atoms with Gasteiger partial charge in [0.2, 0.25) is 0 Å². The predicted octanol–water partition coefficient (Wildman–Crippen LogP) is 1.40. The van der Waals surface area contributed by atoms with Crippen LogP contribution in [0.1, 0.15) is 26.7 Å². The molecule has 1 aromatic rings. The van der Waals surface area contributed by atoms with E-state index in [9.17, 15) is 0 Å². The first-order valence-electron chi connectivity index (χ1n) is 4.80. The molecule has 0 aromatic carbocycles. The van der Waals surface area contributed by atoms with Gasteiger partial charge < -0.3 is 5.73 Å². The van der Waals surface area contributed by atoms with E-state index in [1.807, 2.05) is 16.9 Å². The third-order valence-corrected chi connectivity index (χ3v) is 3.33. The van der Waals surface area contributed by atoms with E-state index in [0.29, 0.717) is 5.41 Å². The zero-order valence-electron chi connectivity index (χ0n) is 8.33. The Bertz CT molecular complexity index is 289. The van der Waals surface area contributed by atoms with Crippen molar-refractivity contribution in [3.8, 4) is 0 Å². The lowest BCUT2D eigenvalue weighted by Gasteiger charge is -2.14. The Morgan fingerprint density at radius 3 is 2.69 bits per heavy atom. The molecular weight excluding hydrogens is 162 g/mol. The minimum Gasteiger partial charge on any atom is -0.325 e. The second kappa shape index (κ2) is 2.58. The van der Waals surface area contributed by atoms with Crippen LogP contribution in [0, 0.1) is 5.41 Å². The van der Waals surface area contributed by atoms with E-state index in [2.05, 4.69) is 18.9 Å². The third kappa shape index (κ3) is 1.48. The lowest BCUT2D eigenvalue weighted by molar-refractivity contribution is 0.422. The van der Waals surface area contributed by atoms with Gasteiger partial charge >= 0.3 is 0 Å².